The van der Waals surface area contributed by atoms with Crippen LogP contribution in [0.4, 0.5) is 4.79 Å². The van der Waals surface area contributed by atoms with Crippen LogP contribution in [0.15, 0.2) is 0 Å². The number of urea groups is 1. The molecule has 9 nitrogen and oxygen atoms in total. The van der Waals surface area contributed by atoms with Crippen LogP contribution in [0, 0.1) is 0 Å². The Bertz CT molecular complexity index is 423. The highest BCUT2D eigenvalue weighted by molar-refractivity contribution is 5.73. The molecule has 2 atom stereocenters. The average molecular weight is 318 g/mol. The molecule has 0 aromatic heterocycles. The van der Waals surface area contributed by atoms with Crippen LogP contribution in [0.3, 0.4) is 0 Å². The molecule has 2 amide bonds. The Hall–Kier alpha value is -2.32. The van der Waals surface area contributed by atoms with Crippen LogP contribution in [-0.4, -0.2) is 68.3 Å². The largest absolute Gasteiger partial charge is 0.462 e. The summed E-state index contributed by atoms with van der Waals surface area (Å²) in [5.41, 5.74) is 0. The molecule has 0 aliphatic rings. The van der Waals surface area contributed by atoms with E-state index in [0.29, 0.717) is 0 Å². The number of nitrogens with one attached hydrogen (secondary N) is 1. The van der Waals surface area contributed by atoms with E-state index in [1.54, 1.807) is 14.1 Å². The van der Waals surface area contributed by atoms with E-state index in [9.17, 15) is 19.2 Å². The molecule has 0 radical (unpaired) electrons. The number of hydrogen-bond acceptors (Lipinski definition) is 7. The molecule has 0 unspecified atom stereocenters. The van der Waals surface area contributed by atoms with Crippen molar-refractivity contribution < 1.29 is 33.4 Å². The molecule has 0 bridgehead atoms. The third kappa shape index (κ3) is 8.77. The number of esters is 3. The smallest absolute Gasteiger partial charge is 0.317 e. The molecule has 0 saturated heterocycles. The van der Waals surface area contributed by atoms with Crippen LogP contribution >= 0.6 is 0 Å². The molecule has 0 aliphatic carbocycles. The molecule has 0 aromatic rings. The topological polar surface area (TPSA) is 111 Å². The number of rotatable bonds is 7. The van der Waals surface area contributed by atoms with Crippen LogP contribution in [0.1, 0.15) is 20.8 Å². The summed E-state index contributed by atoms with van der Waals surface area (Å²) in [6, 6.07) is -0.411. The fourth-order valence-corrected chi connectivity index (χ4v) is 1.44. The molecule has 22 heavy (non-hydrogen) atoms. The molecule has 0 spiro atoms. The van der Waals surface area contributed by atoms with Gasteiger partial charge in [0.05, 0.1) is 6.54 Å². The van der Waals surface area contributed by atoms with Gasteiger partial charge in [0.1, 0.15) is 6.61 Å². The first-order valence-electron chi connectivity index (χ1n) is 6.56. The Morgan fingerprint density at radius 2 is 1.41 bits per heavy atom. The molecule has 0 fully saturated rings. The third-order valence-corrected chi connectivity index (χ3v) is 2.36. The molecule has 126 valence electrons. The normalized spacial score (nSPS) is 12.6. The summed E-state index contributed by atoms with van der Waals surface area (Å²) < 4.78 is 14.8. The van der Waals surface area contributed by atoms with E-state index in [2.05, 4.69) is 5.32 Å². The van der Waals surface area contributed by atoms with Crippen molar-refractivity contribution in [3.05, 3.63) is 0 Å². The van der Waals surface area contributed by atoms with E-state index in [1.165, 1.54) is 25.7 Å². The zero-order valence-electron chi connectivity index (χ0n) is 13.4. The quantitative estimate of drug-likeness (QED) is 0.506. The minimum Gasteiger partial charge on any atom is -0.462 e. The monoisotopic (exact) mass is 318 g/mol. The number of hydrogen-bond donors (Lipinski definition) is 1. The van der Waals surface area contributed by atoms with Crippen molar-refractivity contribution in [3.63, 3.8) is 0 Å². The fraction of sp³-hybridized carbons (Fsp3) is 0.692. The molecule has 0 saturated carbocycles. The zero-order valence-corrected chi connectivity index (χ0v) is 13.4. The molecule has 0 heterocycles. The van der Waals surface area contributed by atoms with Crippen molar-refractivity contribution in [2.24, 2.45) is 0 Å². The molecule has 1 N–H and O–H groups in total. The van der Waals surface area contributed by atoms with Crippen LogP contribution < -0.4 is 5.32 Å². The van der Waals surface area contributed by atoms with Gasteiger partial charge in [-0.05, 0) is 0 Å². The lowest BCUT2D eigenvalue weighted by atomic mass is 10.2. The minimum absolute atomic E-state index is 0.101. The minimum atomic E-state index is -1.02. The first-order chi connectivity index (χ1) is 10.1. The second-order valence-electron chi connectivity index (χ2n) is 4.68. The summed E-state index contributed by atoms with van der Waals surface area (Å²) in [5.74, 6) is -1.83. The summed E-state index contributed by atoms with van der Waals surface area (Å²) in [7, 11) is 3.08. The van der Waals surface area contributed by atoms with Gasteiger partial charge in [-0.25, -0.2) is 4.79 Å². The van der Waals surface area contributed by atoms with Crippen LogP contribution in [0.2, 0.25) is 0 Å². The Balaban J connectivity index is 4.92. The van der Waals surface area contributed by atoms with Crippen LogP contribution in [0.25, 0.3) is 0 Å². The van der Waals surface area contributed by atoms with Crippen molar-refractivity contribution in [1.82, 2.24) is 10.2 Å². The molecule has 9 heteroatoms. The standard InChI is InChI=1S/C13H22N2O7/c1-8(16)20-7-12(22-10(3)18)11(21-9(2)17)6-14-13(19)15(4)5/h11-12H,6-7H2,1-5H3,(H,14,19)/t11-,12+/m0/s1. The van der Waals surface area contributed by atoms with Gasteiger partial charge in [-0.3, -0.25) is 14.4 Å². The van der Waals surface area contributed by atoms with Gasteiger partial charge >= 0.3 is 23.9 Å². The lowest BCUT2D eigenvalue weighted by molar-refractivity contribution is -0.172. The Morgan fingerprint density at radius 1 is 0.909 bits per heavy atom. The summed E-state index contributed by atoms with van der Waals surface area (Å²) in [5, 5.41) is 2.51. The average Bonchev–Trinajstić information content (AvgIpc) is 2.37. The fourth-order valence-electron chi connectivity index (χ4n) is 1.44. The van der Waals surface area contributed by atoms with Gasteiger partial charge in [0.25, 0.3) is 0 Å². The molecule has 0 aromatic carbocycles. The van der Waals surface area contributed by atoms with E-state index in [-0.39, 0.29) is 13.2 Å². The van der Waals surface area contributed by atoms with Crippen molar-refractivity contribution >= 4 is 23.9 Å². The van der Waals surface area contributed by atoms with E-state index < -0.39 is 36.1 Å². The first-order valence-corrected chi connectivity index (χ1v) is 6.56. The number of carbonyl (C=O) groups excluding carboxylic acids is 4. The van der Waals surface area contributed by atoms with Gasteiger partial charge in [-0.15, -0.1) is 0 Å². The van der Waals surface area contributed by atoms with Gasteiger partial charge in [0.2, 0.25) is 0 Å². The number of amides is 2. The Morgan fingerprint density at radius 3 is 1.82 bits per heavy atom. The summed E-state index contributed by atoms with van der Waals surface area (Å²) in [6.45, 7) is 3.15. The second kappa shape index (κ2) is 9.59. The van der Waals surface area contributed by atoms with E-state index in [0.717, 1.165) is 0 Å². The predicted molar refractivity (Wildman–Crippen MR) is 74.8 cm³/mol. The highest BCUT2D eigenvalue weighted by atomic mass is 16.6. The maximum absolute atomic E-state index is 11.5. The predicted octanol–water partition coefficient (Wildman–Crippen LogP) is -0.316. The van der Waals surface area contributed by atoms with Gasteiger partial charge in [0.15, 0.2) is 12.2 Å². The van der Waals surface area contributed by atoms with Gasteiger partial charge in [-0.2, -0.15) is 0 Å². The number of nitrogens with zero attached hydrogens (tertiary/aromatic N) is 1. The first kappa shape index (κ1) is 19.7. The van der Waals surface area contributed by atoms with Gasteiger partial charge < -0.3 is 24.4 Å². The zero-order chi connectivity index (χ0) is 17.3. The lowest BCUT2D eigenvalue weighted by Crippen LogP contribution is -2.47. The van der Waals surface area contributed by atoms with Gasteiger partial charge in [-0.1, -0.05) is 0 Å². The Kier molecular flexibility index (Phi) is 8.58. The molecule has 0 rings (SSSR count). The maximum Gasteiger partial charge on any atom is 0.317 e. The van der Waals surface area contributed by atoms with Crippen LogP contribution in [-0.2, 0) is 28.6 Å². The number of ether oxygens (including phenoxy) is 3. The summed E-state index contributed by atoms with van der Waals surface area (Å²) in [6.07, 6.45) is -2.00. The molecular formula is C13H22N2O7. The van der Waals surface area contributed by atoms with Gasteiger partial charge in [0, 0.05) is 34.9 Å². The summed E-state index contributed by atoms with van der Waals surface area (Å²) >= 11 is 0. The third-order valence-electron chi connectivity index (χ3n) is 2.36. The number of carbonyl (C=O) groups is 4. The van der Waals surface area contributed by atoms with Crippen molar-refractivity contribution in [3.8, 4) is 0 Å². The van der Waals surface area contributed by atoms with E-state index >= 15 is 0 Å². The highest BCUT2D eigenvalue weighted by Crippen LogP contribution is 2.07. The van der Waals surface area contributed by atoms with E-state index in [1.807, 2.05) is 0 Å². The maximum atomic E-state index is 11.5. The SMILES string of the molecule is CC(=O)OC[C@@H](OC(C)=O)[C@H](CNC(=O)N(C)C)OC(C)=O. The second-order valence-corrected chi connectivity index (χ2v) is 4.68. The van der Waals surface area contributed by atoms with Crippen molar-refractivity contribution in [1.29, 1.82) is 0 Å². The highest BCUT2D eigenvalue weighted by Gasteiger charge is 2.29. The molecule has 0 aliphatic heterocycles. The van der Waals surface area contributed by atoms with Crippen molar-refractivity contribution in [2.45, 2.75) is 33.0 Å². The lowest BCUT2D eigenvalue weighted by Gasteiger charge is -2.26. The summed E-state index contributed by atoms with van der Waals surface area (Å²) in [4.78, 5) is 46.0. The van der Waals surface area contributed by atoms with Crippen LogP contribution in [0.5, 0.6) is 0 Å². The van der Waals surface area contributed by atoms with E-state index in [4.69, 9.17) is 14.2 Å². The Labute approximate surface area is 128 Å². The van der Waals surface area contributed by atoms with Crippen molar-refractivity contribution in [2.75, 3.05) is 27.2 Å². The molecular weight excluding hydrogens is 296 g/mol.